The quantitative estimate of drug-likeness (QED) is 0.880. The van der Waals surface area contributed by atoms with E-state index in [0.717, 1.165) is 18.8 Å². The zero-order valence-electron chi connectivity index (χ0n) is 11.9. The number of phenolic OH excluding ortho intramolecular Hbond substituents is 1. The molecule has 0 saturated carbocycles. The molecule has 1 aliphatic rings. The molecule has 0 aliphatic carbocycles. The van der Waals surface area contributed by atoms with Crippen molar-refractivity contribution in [2.24, 2.45) is 5.41 Å². The number of phenols is 1. The summed E-state index contributed by atoms with van der Waals surface area (Å²) in [4.78, 5) is 13.4. The molecule has 2 rings (SSSR count). The van der Waals surface area contributed by atoms with E-state index in [1.807, 2.05) is 12.1 Å². The SMILES string of the molecule is CC(C)(Cc1cc(N2CCOCC2)ccc1O)C(=O)O. The van der Waals surface area contributed by atoms with Crippen LogP contribution in [0.1, 0.15) is 19.4 Å². The van der Waals surface area contributed by atoms with Gasteiger partial charge in [-0.3, -0.25) is 4.79 Å². The number of ether oxygens (including phenoxy) is 1. The summed E-state index contributed by atoms with van der Waals surface area (Å²) in [6.07, 6.45) is 0.298. The third kappa shape index (κ3) is 3.22. The molecule has 20 heavy (non-hydrogen) atoms. The molecule has 0 bridgehead atoms. The average Bonchev–Trinajstić information content (AvgIpc) is 2.42. The summed E-state index contributed by atoms with van der Waals surface area (Å²) in [7, 11) is 0. The maximum Gasteiger partial charge on any atom is 0.309 e. The van der Waals surface area contributed by atoms with Gasteiger partial charge in [-0.25, -0.2) is 0 Å². The molecule has 0 unspecified atom stereocenters. The van der Waals surface area contributed by atoms with E-state index in [9.17, 15) is 15.0 Å². The van der Waals surface area contributed by atoms with Gasteiger partial charge in [0.2, 0.25) is 0 Å². The summed E-state index contributed by atoms with van der Waals surface area (Å²) in [5, 5.41) is 19.1. The molecule has 5 heteroatoms. The normalized spacial score (nSPS) is 16.2. The molecule has 0 atom stereocenters. The van der Waals surface area contributed by atoms with Gasteiger partial charge in [-0.15, -0.1) is 0 Å². The summed E-state index contributed by atoms with van der Waals surface area (Å²) >= 11 is 0. The van der Waals surface area contributed by atoms with Gasteiger partial charge in [0.25, 0.3) is 0 Å². The van der Waals surface area contributed by atoms with Crippen LogP contribution in [0.2, 0.25) is 0 Å². The Morgan fingerprint density at radius 1 is 1.35 bits per heavy atom. The van der Waals surface area contributed by atoms with Crippen LogP contribution < -0.4 is 4.90 Å². The van der Waals surface area contributed by atoms with Gasteiger partial charge in [0, 0.05) is 18.8 Å². The van der Waals surface area contributed by atoms with Crippen LogP contribution in [-0.4, -0.2) is 42.5 Å². The topological polar surface area (TPSA) is 70.0 Å². The van der Waals surface area contributed by atoms with Crippen LogP contribution in [0.3, 0.4) is 0 Å². The van der Waals surface area contributed by atoms with Crippen LogP contribution in [0.5, 0.6) is 5.75 Å². The number of morpholine rings is 1. The van der Waals surface area contributed by atoms with E-state index in [2.05, 4.69) is 4.90 Å². The lowest BCUT2D eigenvalue weighted by Crippen LogP contribution is -2.36. The molecule has 110 valence electrons. The Bertz CT molecular complexity index is 493. The fraction of sp³-hybridized carbons (Fsp3) is 0.533. The molecule has 0 spiro atoms. The van der Waals surface area contributed by atoms with Crippen molar-refractivity contribution < 1.29 is 19.7 Å². The number of rotatable bonds is 4. The molecule has 0 amide bonds. The number of carbonyl (C=O) groups is 1. The molecular weight excluding hydrogens is 258 g/mol. The summed E-state index contributed by atoms with van der Waals surface area (Å²) in [5.41, 5.74) is 0.768. The number of aliphatic carboxylic acids is 1. The van der Waals surface area contributed by atoms with E-state index >= 15 is 0 Å². The number of nitrogens with zero attached hydrogens (tertiary/aromatic N) is 1. The van der Waals surface area contributed by atoms with E-state index in [1.165, 1.54) is 0 Å². The van der Waals surface area contributed by atoms with Crippen molar-refractivity contribution >= 4 is 11.7 Å². The van der Waals surface area contributed by atoms with Gasteiger partial charge in [0.15, 0.2) is 0 Å². The predicted octanol–water partition coefficient (Wildman–Crippen LogP) is 1.88. The first-order valence-electron chi connectivity index (χ1n) is 6.78. The van der Waals surface area contributed by atoms with E-state index < -0.39 is 11.4 Å². The van der Waals surface area contributed by atoms with Gasteiger partial charge < -0.3 is 19.8 Å². The number of benzene rings is 1. The van der Waals surface area contributed by atoms with Crippen LogP contribution >= 0.6 is 0 Å². The van der Waals surface area contributed by atoms with Gasteiger partial charge in [-0.1, -0.05) is 0 Å². The molecule has 2 N–H and O–H groups in total. The third-order valence-electron chi connectivity index (χ3n) is 3.65. The number of anilines is 1. The Kier molecular flexibility index (Phi) is 4.18. The number of carboxylic acid groups (broad SMARTS) is 1. The van der Waals surface area contributed by atoms with Crippen molar-refractivity contribution in [1.82, 2.24) is 0 Å². The standard InChI is InChI=1S/C15H21NO4/c1-15(2,14(18)19)10-11-9-12(3-4-13(11)17)16-5-7-20-8-6-16/h3-4,9,17H,5-8,10H2,1-2H3,(H,18,19). The van der Waals surface area contributed by atoms with Crippen molar-refractivity contribution in [3.8, 4) is 5.75 Å². The zero-order valence-corrected chi connectivity index (χ0v) is 11.9. The van der Waals surface area contributed by atoms with E-state index in [-0.39, 0.29) is 5.75 Å². The highest BCUT2D eigenvalue weighted by Gasteiger charge is 2.28. The number of hydrogen-bond acceptors (Lipinski definition) is 4. The first-order chi connectivity index (χ1) is 9.40. The van der Waals surface area contributed by atoms with E-state index in [1.54, 1.807) is 19.9 Å². The average molecular weight is 279 g/mol. The largest absolute Gasteiger partial charge is 0.508 e. The Morgan fingerprint density at radius 2 is 2.00 bits per heavy atom. The first kappa shape index (κ1) is 14.7. The Balaban J connectivity index is 2.22. The minimum absolute atomic E-state index is 0.149. The molecule has 0 aromatic heterocycles. The molecule has 1 aromatic rings. The van der Waals surface area contributed by atoms with E-state index in [0.29, 0.717) is 25.2 Å². The smallest absolute Gasteiger partial charge is 0.309 e. The summed E-state index contributed by atoms with van der Waals surface area (Å²) < 4.78 is 5.32. The van der Waals surface area contributed by atoms with Gasteiger partial charge >= 0.3 is 5.97 Å². The number of aromatic hydroxyl groups is 1. The van der Waals surface area contributed by atoms with E-state index in [4.69, 9.17) is 4.74 Å². The van der Waals surface area contributed by atoms with Crippen molar-refractivity contribution in [3.05, 3.63) is 23.8 Å². The molecule has 1 aromatic carbocycles. The maximum atomic E-state index is 11.2. The first-order valence-corrected chi connectivity index (χ1v) is 6.78. The molecular formula is C15H21NO4. The van der Waals surface area contributed by atoms with Gasteiger partial charge in [0.05, 0.1) is 18.6 Å². The minimum Gasteiger partial charge on any atom is -0.508 e. The highest BCUT2D eigenvalue weighted by Crippen LogP contribution is 2.31. The molecule has 1 fully saturated rings. The Hall–Kier alpha value is -1.75. The highest BCUT2D eigenvalue weighted by atomic mass is 16.5. The van der Waals surface area contributed by atoms with Crippen molar-refractivity contribution in [2.45, 2.75) is 20.3 Å². The van der Waals surface area contributed by atoms with Crippen LogP contribution in [0.4, 0.5) is 5.69 Å². The van der Waals surface area contributed by atoms with Crippen LogP contribution in [-0.2, 0) is 16.0 Å². The lowest BCUT2D eigenvalue weighted by atomic mass is 9.85. The van der Waals surface area contributed by atoms with Crippen molar-refractivity contribution in [3.63, 3.8) is 0 Å². The molecule has 1 saturated heterocycles. The minimum atomic E-state index is -0.902. The Labute approximate surface area is 118 Å². The Morgan fingerprint density at radius 3 is 2.60 bits per heavy atom. The summed E-state index contributed by atoms with van der Waals surface area (Å²) in [6, 6.07) is 5.38. The van der Waals surface area contributed by atoms with Crippen LogP contribution in [0.25, 0.3) is 0 Å². The predicted molar refractivity (Wildman–Crippen MR) is 76.3 cm³/mol. The monoisotopic (exact) mass is 279 g/mol. The van der Waals surface area contributed by atoms with Crippen molar-refractivity contribution in [1.29, 1.82) is 0 Å². The molecule has 1 heterocycles. The third-order valence-corrected chi connectivity index (χ3v) is 3.65. The van der Waals surface area contributed by atoms with Gasteiger partial charge in [-0.05, 0) is 44.0 Å². The summed E-state index contributed by atoms with van der Waals surface area (Å²) in [6.45, 7) is 6.33. The maximum absolute atomic E-state index is 11.2. The van der Waals surface area contributed by atoms with Gasteiger partial charge in [0.1, 0.15) is 5.75 Å². The van der Waals surface area contributed by atoms with Crippen LogP contribution in [0.15, 0.2) is 18.2 Å². The molecule has 1 aliphatic heterocycles. The molecule has 5 nitrogen and oxygen atoms in total. The second-order valence-corrected chi connectivity index (χ2v) is 5.78. The number of carboxylic acids is 1. The highest BCUT2D eigenvalue weighted by molar-refractivity contribution is 5.74. The lowest BCUT2D eigenvalue weighted by Gasteiger charge is -2.29. The second kappa shape index (κ2) is 5.71. The van der Waals surface area contributed by atoms with Gasteiger partial charge in [-0.2, -0.15) is 0 Å². The fourth-order valence-corrected chi connectivity index (χ4v) is 2.28. The lowest BCUT2D eigenvalue weighted by molar-refractivity contribution is -0.146. The van der Waals surface area contributed by atoms with Crippen LogP contribution in [0, 0.1) is 5.41 Å². The van der Waals surface area contributed by atoms with Crippen molar-refractivity contribution in [2.75, 3.05) is 31.2 Å². The second-order valence-electron chi connectivity index (χ2n) is 5.78. The fourth-order valence-electron chi connectivity index (χ4n) is 2.28. The number of hydrogen-bond donors (Lipinski definition) is 2. The summed E-state index contributed by atoms with van der Waals surface area (Å²) in [5.74, 6) is -0.718. The zero-order chi connectivity index (χ0) is 14.8. The molecule has 0 radical (unpaired) electrons.